The van der Waals surface area contributed by atoms with Gasteiger partial charge in [-0.3, -0.25) is 4.99 Å². The third-order valence-corrected chi connectivity index (χ3v) is 3.90. The van der Waals surface area contributed by atoms with Gasteiger partial charge >= 0.3 is 7.48 Å². The Labute approximate surface area is 128 Å². The molecule has 0 spiro atoms. The Bertz CT molecular complexity index is 355. The minimum Gasteiger partial charge on any atom is -0.432 e. The van der Waals surface area contributed by atoms with Crippen molar-refractivity contribution in [3.05, 3.63) is 0 Å². The van der Waals surface area contributed by atoms with Crippen LogP contribution in [0.15, 0.2) is 4.99 Å². The highest BCUT2D eigenvalue weighted by molar-refractivity contribution is 6.42. The van der Waals surface area contributed by atoms with Crippen LogP contribution in [-0.4, -0.2) is 64.3 Å². The lowest BCUT2D eigenvalue weighted by Crippen LogP contribution is -2.49. The zero-order valence-corrected chi connectivity index (χ0v) is 13.6. The first-order valence-corrected chi connectivity index (χ1v) is 7.12. The van der Waals surface area contributed by atoms with Gasteiger partial charge < -0.3 is 24.3 Å². The van der Waals surface area contributed by atoms with E-state index in [1.165, 1.54) is 6.21 Å². The molecular weight excluding hydrogens is 271 g/mol. The molecule has 1 radical (unpaired) electrons. The van der Waals surface area contributed by atoms with Gasteiger partial charge in [0.1, 0.15) is 0 Å². The Morgan fingerprint density at radius 1 is 1.29 bits per heavy atom. The molecule has 21 heavy (non-hydrogen) atoms. The van der Waals surface area contributed by atoms with E-state index in [-0.39, 0.29) is 12.1 Å². The Hall–Kier alpha value is -0.755. The minimum atomic E-state index is -0.519. The Morgan fingerprint density at radius 2 is 1.90 bits per heavy atom. The summed E-state index contributed by atoms with van der Waals surface area (Å²) in [6.07, 6.45) is 2.67. The predicted octanol–water partition coefficient (Wildman–Crippen LogP) is 1.71. The maximum Gasteiger partial charge on any atom is 0.308 e. The van der Waals surface area contributed by atoms with Crippen LogP contribution in [0.25, 0.3) is 0 Å². The van der Waals surface area contributed by atoms with Gasteiger partial charge in [-0.25, -0.2) is 0 Å². The van der Waals surface area contributed by atoms with Crippen molar-refractivity contribution in [2.75, 3.05) is 26.9 Å². The molecule has 0 saturated carbocycles. The molecule has 1 heterocycles. The third-order valence-electron chi connectivity index (χ3n) is 3.90. The van der Waals surface area contributed by atoms with Crippen molar-refractivity contribution in [2.45, 2.75) is 51.0 Å². The van der Waals surface area contributed by atoms with Crippen LogP contribution >= 0.6 is 0 Å². The number of hydrogen-bond acceptors (Lipinski definition) is 6. The summed E-state index contributed by atoms with van der Waals surface area (Å²) in [5.41, 5.74) is -0.965. The minimum absolute atomic E-state index is 0.266. The number of aliphatic imine (C=N–C) groups is 1. The first kappa shape index (κ1) is 18.3. The summed E-state index contributed by atoms with van der Waals surface area (Å²) in [7, 11) is 3.26. The number of nitrogens with zero attached hydrogens (tertiary/aromatic N) is 1. The molecule has 0 aromatic heterocycles. The molecule has 1 atom stereocenters. The highest BCUT2D eigenvalue weighted by atomic mass is 16.7. The largest absolute Gasteiger partial charge is 0.432 e. The molecule has 0 aromatic carbocycles. The number of rotatable bonds is 9. The molecule has 0 bridgehead atoms. The van der Waals surface area contributed by atoms with Gasteiger partial charge in [0.2, 0.25) is 0 Å². The maximum atomic E-state index is 7.44. The van der Waals surface area contributed by atoms with Gasteiger partial charge in [-0.05, 0) is 33.9 Å². The molecule has 6 nitrogen and oxygen atoms in total. The molecule has 0 amide bonds. The summed E-state index contributed by atoms with van der Waals surface area (Å²) >= 11 is 0. The van der Waals surface area contributed by atoms with Crippen molar-refractivity contribution < 1.29 is 18.9 Å². The molecule has 1 saturated heterocycles. The molecule has 7 heteroatoms. The Kier molecular flexibility index (Phi) is 7.00. The summed E-state index contributed by atoms with van der Waals surface area (Å²) in [6.45, 7) is 9.49. The van der Waals surface area contributed by atoms with E-state index in [0.29, 0.717) is 19.8 Å². The summed E-state index contributed by atoms with van der Waals surface area (Å²) in [6, 6.07) is 0. The number of nitrogens with one attached hydrogen (secondary N) is 1. The van der Waals surface area contributed by atoms with Gasteiger partial charge in [0.25, 0.3) is 0 Å². The second-order valence-electron chi connectivity index (χ2n) is 5.91. The fourth-order valence-electron chi connectivity index (χ4n) is 1.54. The first-order chi connectivity index (χ1) is 9.82. The van der Waals surface area contributed by atoms with E-state index in [4.69, 9.17) is 24.3 Å². The van der Waals surface area contributed by atoms with Crippen LogP contribution in [0.2, 0.25) is 5.82 Å². The first-order valence-electron chi connectivity index (χ1n) is 7.12. The zero-order valence-electron chi connectivity index (χ0n) is 13.6. The van der Waals surface area contributed by atoms with Crippen LogP contribution in [0.4, 0.5) is 0 Å². The van der Waals surface area contributed by atoms with Crippen LogP contribution in [0, 0.1) is 5.41 Å². The van der Waals surface area contributed by atoms with Crippen LogP contribution in [0.5, 0.6) is 0 Å². The number of hydrogen-bond donors (Lipinski definition) is 1. The van der Waals surface area contributed by atoms with E-state index < -0.39 is 11.2 Å². The van der Waals surface area contributed by atoms with E-state index in [1.807, 2.05) is 27.7 Å². The number of ether oxygens (including phenoxy) is 3. The summed E-state index contributed by atoms with van der Waals surface area (Å²) in [5, 5.41) is 7.44. The van der Waals surface area contributed by atoms with E-state index in [9.17, 15) is 0 Å². The third kappa shape index (κ3) is 5.50. The predicted molar refractivity (Wildman–Crippen MR) is 83.6 cm³/mol. The Balaban J connectivity index is 2.42. The lowest BCUT2D eigenvalue weighted by atomic mass is 9.78. The van der Waals surface area contributed by atoms with Crippen LogP contribution in [0.1, 0.15) is 27.7 Å². The van der Waals surface area contributed by atoms with Crippen LogP contribution in [-0.2, 0) is 18.9 Å². The van der Waals surface area contributed by atoms with Crippen molar-refractivity contribution in [1.82, 2.24) is 0 Å². The van der Waals surface area contributed by atoms with Gasteiger partial charge in [-0.15, -0.1) is 0 Å². The monoisotopic (exact) mass is 297 g/mol. The van der Waals surface area contributed by atoms with Gasteiger partial charge in [-0.1, -0.05) is 0 Å². The lowest BCUT2D eigenvalue weighted by Gasteiger charge is -2.41. The molecule has 0 aliphatic carbocycles. The maximum absolute atomic E-state index is 7.44. The van der Waals surface area contributed by atoms with Crippen LogP contribution in [0.3, 0.4) is 0 Å². The van der Waals surface area contributed by atoms with Crippen molar-refractivity contribution in [3.8, 4) is 0 Å². The molecule has 119 valence electrons. The lowest BCUT2D eigenvalue weighted by molar-refractivity contribution is -0.115. The Morgan fingerprint density at radius 3 is 2.43 bits per heavy atom. The molecule has 1 aliphatic rings. The van der Waals surface area contributed by atoms with Gasteiger partial charge in [0, 0.05) is 19.1 Å². The van der Waals surface area contributed by atoms with Crippen LogP contribution < -0.4 is 0 Å². The summed E-state index contributed by atoms with van der Waals surface area (Å²) in [5.74, 6) is -0.293. The molecular formula is C14H26BN2O4. The fraction of sp³-hybridized carbons (Fsp3) is 0.857. The van der Waals surface area contributed by atoms with E-state index >= 15 is 0 Å². The molecule has 1 fully saturated rings. The van der Waals surface area contributed by atoms with Gasteiger partial charge in [-0.2, -0.15) is 0 Å². The fourth-order valence-corrected chi connectivity index (χ4v) is 1.54. The quantitative estimate of drug-likeness (QED) is 0.519. The summed E-state index contributed by atoms with van der Waals surface area (Å²) in [4.78, 5) is 4.24. The average Bonchev–Trinajstić information content (AvgIpc) is 2.95. The topological polar surface area (TPSA) is 73.1 Å². The van der Waals surface area contributed by atoms with Crippen molar-refractivity contribution in [2.24, 2.45) is 4.99 Å². The SMILES string of the molecule is COC(C)(C)C(C)(C)O[B]C(C=N)C=NCC1OCCO1. The second-order valence-corrected chi connectivity index (χ2v) is 5.91. The standard InChI is InChI=1S/C14H26BN2O4/c1-13(2,18-5)14(3,4)21-15-11(8-16)9-17-10-12-19-6-7-20-12/h8-9,11-12,16H,6-7,10H2,1-5H3. The smallest absolute Gasteiger partial charge is 0.308 e. The van der Waals surface area contributed by atoms with E-state index in [1.54, 1.807) is 20.8 Å². The molecule has 0 aromatic rings. The normalized spacial score (nSPS) is 19.1. The van der Waals surface area contributed by atoms with Gasteiger partial charge in [0.15, 0.2) is 6.29 Å². The molecule has 1 rings (SSSR count). The zero-order chi connectivity index (χ0) is 15.9. The second kappa shape index (κ2) is 8.03. The van der Waals surface area contributed by atoms with Crippen molar-refractivity contribution in [1.29, 1.82) is 5.41 Å². The van der Waals surface area contributed by atoms with E-state index in [2.05, 4.69) is 4.99 Å². The van der Waals surface area contributed by atoms with Crippen molar-refractivity contribution >= 4 is 19.9 Å². The highest BCUT2D eigenvalue weighted by Crippen LogP contribution is 2.28. The van der Waals surface area contributed by atoms with Crippen molar-refractivity contribution in [3.63, 3.8) is 0 Å². The molecule has 1 N–H and O–H groups in total. The molecule has 1 aliphatic heterocycles. The number of methoxy groups -OCH3 is 1. The average molecular weight is 297 g/mol. The van der Waals surface area contributed by atoms with E-state index in [0.717, 1.165) is 0 Å². The summed E-state index contributed by atoms with van der Waals surface area (Å²) < 4.78 is 21.8. The highest BCUT2D eigenvalue weighted by Gasteiger charge is 2.38. The molecule has 1 unspecified atom stereocenters. The van der Waals surface area contributed by atoms with Gasteiger partial charge in [0.05, 0.1) is 31.0 Å².